The normalized spacial score (nSPS) is 13.0. The van der Waals surface area contributed by atoms with Crippen molar-refractivity contribution in [2.24, 2.45) is 0 Å². The van der Waals surface area contributed by atoms with Gasteiger partial charge in [0.05, 0.1) is 7.11 Å². The zero-order valence-corrected chi connectivity index (χ0v) is 19.9. The van der Waals surface area contributed by atoms with E-state index in [4.69, 9.17) is 18.9 Å². The zero-order chi connectivity index (χ0) is 24.6. The van der Waals surface area contributed by atoms with Gasteiger partial charge in [-0.1, -0.05) is 66.7 Å². The fourth-order valence-corrected chi connectivity index (χ4v) is 4.44. The number of esters is 1. The average Bonchev–Trinajstić information content (AvgIpc) is 3.21. The third-order valence-electron chi connectivity index (χ3n) is 6.12. The molecule has 1 N–H and O–H groups in total. The minimum Gasteiger partial charge on any atom is -0.467 e. The Kier molecular flexibility index (Phi) is 8.13. The van der Waals surface area contributed by atoms with Gasteiger partial charge in [-0.05, 0) is 46.7 Å². The van der Waals surface area contributed by atoms with E-state index in [1.54, 1.807) is 6.07 Å². The first-order valence-electron chi connectivity index (χ1n) is 11.5. The van der Waals surface area contributed by atoms with Crippen LogP contribution in [0.15, 0.2) is 72.8 Å². The summed E-state index contributed by atoms with van der Waals surface area (Å²) < 4.78 is 20.8. The minimum absolute atomic E-state index is 0.0119. The Morgan fingerprint density at radius 1 is 0.886 bits per heavy atom. The number of anilines is 1. The highest BCUT2D eigenvalue weighted by molar-refractivity contribution is 5.86. The Labute approximate surface area is 205 Å². The predicted octanol–water partition coefficient (Wildman–Crippen LogP) is 5.14. The number of aryl methyl sites for hydroxylation is 1. The van der Waals surface area contributed by atoms with Crippen LogP contribution in [-0.4, -0.2) is 45.8 Å². The Morgan fingerprint density at radius 3 is 2.17 bits per heavy atom. The smallest absolute Gasteiger partial charge is 0.411 e. The highest BCUT2D eigenvalue weighted by atomic mass is 16.7. The summed E-state index contributed by atoms with van der Waals surface area (Å²) in [5.41, 5.74) is 6.16. The van der Waals surface area contributed by atoms with Crippen molar-refractivity contribution in [2.45, 2.75) is 24.9 Å². The molecule has 1 amide bonds. The largest absolute Gasteiger partial charge is 0.467 e. The Balaban J connectivity index is 1.39. The summed E-state index contributed by atoms with van der Waals surface area (Å²) in [6.07, 6.45) is -0.426. The van der Waals surface area contributed by atoms with Crippen LogP contribution in [0.1, 0.15) is 29.0 Å². The van der Waals surface area contributed by atoms with Crippen molar-refractivity contribution in [3.8, 4) is 11.1 Å². The first kappa shape index (κ1) is 24.4. The molecule has 4 rings (SSSR count). The van der Waals surface area contributed by atoms with Crippen LogP contribution < -0.4 is 5.32 Å². The fraction of sp³-hybridized carbons (Fsp3) is 0.286. The molecule has 0 aliphatic heterocycles. The molecule has 7 heteroatoms. The minimum atomic E-state index is -0.762. The molecule has 1 atom stereocenters. The summed E-state index contributed by atoms with van der Waals surface area (Å²) in [6.45, 7) is 0.219. The first-order valence-corrected chi connectivity index (χ1v) is 11.5. The van der Waals surface area contributed by atoms with E-state index in [-0.39, 0.29) is 19.3 Å². The van der Waals surface area contributed by atoms with Crippen LogP contribution in [0.4, 0.5) is 10.5 Å². The third kappa shape index (κ3) is 5.70. The molecule has 0 saturated carbocycles. The molecule has 7 nitrogen and oxygen atoms in total. The lowest BCUT2D eigenvalue weighted by atomic mass is 9.98. The van der Waals surface area contributed by atoms with Crippen LogP contribution in [0.25, 0.3) is 11.1 Å². The van der Waals surface area contributed by atoms with E-state index in [0.717, 1.165) is 16.7 Å². The van der Waals surface area contributed by atoms with Crippen molar-refractivity contribution >= 4 is 17.7 Å². The van der Waals surface area contributed by atoms with Crippen LogP contribution in [0, 0.1) is 0 Å². The molecule has 0 heterocycles. The molecule has 1 aliphatic rings. The monoisotopic (exact) mass is 475 g/mol. The van der Waals surface area contributed by atoms with Crippen LogP contribution >= 0.6 is 0 Å². The predicted molar refractivity (Wildman–Crippen MR) is 132 cm³/mol. The van der Waals surface area contributed by atoms with Crippen LogP contribution in [0.5, 0.6) is 0 Å². The zero-order valence-electron chi connectivity index (χ0n) is 19.9. The van der Waals surface area contributed by atoms with Crippen molar-refractivity contribution in [1.29, 1.82) is 0 Å². The van der Waals surface area contributed by atoms with Gasteiger partial charge in [0.1, 0.15) is 13.4 Å². The van der Waals surface area contributed by atoms with E-state index < -0.39 is 18.2 Å². The molecule has 182 valence electrons. The van der Waals surface area contributed by atoms with Crippen molar-refractivity contribution in [1.82, 2.24) is 0 Å². The number of carbonyl (C=O) groups is 2. The molecule has 3 aromatic carbocycles. The quantitative estimate of drug-likeness (QED) is 0.323. The lowest BCUT2D eigenvalue weighted by Crippen LogP contribution is -2.27. The molecule has 1 aliphatic carbocycles. The van der Waals surface area contributed by atoms with Crippen LogP contribution in [-0.2, 0) is 30.2 Å². The van der Waals surface area contributed by atoms with Gasteiger partial charge < -0.3 is 18.9 Å². The van der Waals surface area contributed by atoms with E-state index in [0.29, 0.717) is 18.5 Å². The molecule has 0 radical (unpaired) electrons. The van der Waals surface area contributed by atoms with Crippen molar-refractivity contribution in [2.75, 3.05) is 32.9 Å². The number of para-hydroxylation sites is 1. The molecule has 3 aromatic rings. The summed E-state index contributed by atoms with van der Waals surface area (Å²) in [5.74, 6) is -0.480. The number of hydrogen-bond donors (Lipinski definition) is 1. The lowest BCUT2D eigenvalue weighted by Gasteiger charge is -2.17. The maximum atomic E-state index is 12.7. The van der Waals surface area contributed by atoms with Gasteiger partial charge in [-0.15, -0.1) is 0 Å². The van der Waals surface area contributed by atoms with Gasteiger partial charge in [-0.3, -0.25) is 5.32 Å². The SMILES string of the molecule is COCO[C@@H](CCc1ccccc1NC(=O)OCC1c2ccccc2-c2ccccc21)C(=O)OC. The molecule has 0 fully saturated rings. The second kappa shape index (κ2) is 11.6. The summed E-state index contributed by atoms with van der Waals surface area (Å²) in [6, 6.07) is 23.8. The van der Waals surface area contributed by atoms with Gasteiger partial charge in [0.15, 0.2) is 6.10 Å². The number of fused-ring (bicyclic) bond motifs is 3. The maximum Gasteiger partial charge on any atom is 0.411 e. The molecule has 0 spiro atoms. The number of methoxy groups -OCH3 is 2. The maximum absolute atomic E-state index is 12.7. The van der Waals surface area contributed by atoms with Crippen molar-refractivity contribution in [3.05, 3.63) is 89.5 Å². The number of ether oxygens (including phenoxy) is 4. The fourth-order valence-electron chi connectivity index (χ4n) is 4.44. The second-order valence-corrected chi connectivity index (χ2v) is 8.23. The summed E-state index contributed by atoms with van der Waals surface area (Å²) in [7, 11) is 2.81. The number of rotatable bonds is 10. The lowest BCUT2D eigenvalue weighted by molar-refractivity contribution is -0.162. The number of carbonyl (C=O) groups excluding carboxylic acids is 2. The standard InChI is InChI=1S/C28H29NO6/c1-32-18-35-26(27(30)33-2)16-15-19-9-3-8-14-25(19)29-28(31)34-17-24-22-12-6-4-10-20(22)21-11-5-7-13-23(21)24/h3-14,24,26H,15-18H2,1-2H3,(H,29,31)/t26-/m0/s1. The van der Waals surface area contributed by atoms with Crippen LogP contribution in [0.3, 0.4) is 0 Å². The molecule has 35 heavy (non-hydrogen) atoms. The molecule has 0 saturated heterocycles. The highest BCUT2D eigenvalue weighted by Gasteiger charge is 2.29. The van der Waals surface area contributed by atoms with E-state index in [1.807, 2.05) is 42.5 Å². The van der Waals surface area contributed by atoms with E-state index >= 15 is 0 Å². The van der Waals surface area contributed by atoms with E-state index in [1.165, 1.54) is 25.3 Å². The Hall–Kier alpha value is -3.68. The summed E-state index contributed by atoms with van der Waals surface area (Å²) >= 11 is 0. The van der Waals surface area contributed by atoms with Gasteiger partial charge in [-0.25, -0.2) is 9.59 Å². The summed E-state index contributed by atoms with van der Waals surface area (Å²) in [5, 5.41) is 2.85. The number of amides is 1. The van der Waals surface area contributed by atoms with Crippen LogP contribution in [0.2, 0.25) is 0 Å². The third-order valence-corrected chi connectivity index (χ3v) is 6.12. The number of benzene rings is 3. The second-order valence-electron chi connectivity index (χ2n) is 8.23. The van der Waals surface area contributed by atoms with Gasteiger partial charge in [0, 0.05) is 18.7 Å². The number of nitrogens with one attached hydrogen (secondary N) is 1. The van der Waals surface area contributed by atoms with Crippen molar-refractivity contribution < 1.29 is 28.5 Å². The summed E-state index contributed by atoms with van der Waals surface area (Å²) in [4.78, 5) is 24.7. The van der Waals surface area contributed by atoms with Gasteiger partial charge in [0.2, 0.25) is 0 Å². The Bertz CT molecular complexity index is 1130. The molecular formula is C28H29NO6. The average molecular weight is 476 g/mol. The van der Waals surface area contributed by atoms with Crippen molar-refractivity contribution in [3.63, 3.8) is 0 Å². The Morgan fingerprint density at radius 2 is 1.51 bits per heavy atom. The first-order chi connectivity index (χ1) is 17.1. The van der Waals surface area contributed by atoms with E-state index in [2.05, 4.69) is 29.6 Å². The topological polar surface area (TPSA) is 83.1 Å². The highest BCUT2D eigenvalue weighted by Crippen LogP contribution is 2.44. The number of hydrogen-bond acceptors (Lipinski definition) is 6. The molecule has 0 aromatic heterocycles. The van der Waals surface area contributed by atoms with Gasteiger partial charge in [0.25, 0.3) is 0 Å². The molecular weight excluding hydrogens is 446 g/mol. The van der Waals surface area contributed by atoms with Gasteiger partial charge in [-0.2, -0.15) is 0 Å². The van der Waals surface area contributed by atoms with Gasteiger partial charge >= 0.3 is 12.1 Å². The molecule has 0 unspecified atom stereocenters. The molecule has 0 bridgehead atoms. The van der Waals surface area contributed by atoms with E-state index in [9.17, 15) is 9.59 Å².